The number of carboxylic acids is 1. The van der Waals surface area contributed by atoms with E-state index in [4.69, 9.17) is 5.11 Å². The number of nitro groups is 1. The van der Waals surface area contributed by atoms with Crippen LogP contribution in [0.4, 0.5) is 5.69 Å². The first-order valence-corrected chi connectivity index (χ1v) is 6.84. The van der Waals surface area contributed by atoms with Gasteiger partial charge < -0.3 is 15.1 Å². The SMILES string of the molecule is C[C@@H]1[C@H](C(=O)O)CCCN1C(=O)c1ccc([N+](=O)[O-])c(O)c1. The number of hydrogen-bond acceptors (Lipinski definition) is 5. The van der Waals surface area contributed by atoms with E-state index in [1.807, 2.05) is 0 Å². The topological polar surface area (TPSA) is 121 Å². The summed E-state index contributed by atoms with van der Waals surface area (Å²) in [6.45, 7) is 2.09. The molecule has 118 valence electrons. The number of likely N-dealkylation sites (tertiary alicyclic amines) is 1. The molecule has 2 rings (SSSR count). The van der Waals surface area contributed by atoms with Gasteiger partial charge in [0.1, 0.15) is 0 Å². The lowest BCUT2D eigenvalue weighted by molar-refractivity contribution is -0.385. The van der Waals surface area contributed by atoms with E-state index < -0.39 is 40.2 Å². The van der Waals surface area contributed by atoms with E-state index in [0.717, 1.165) is 12.1 Å². The summed E-state index contributed by atoms with van der Waals surface area (Å²) in [7, 11) is 0. The van der Waals surface area contributed by atoms with Gasteiger partial charge in [0, 0.05) is 24.2 Å². The molecule has 0 bridgehead atoms. The van der Waals surface area contributed by atoms with Gasteiger partial charge in [-0.05, 0) is 31.9 Å². The minimum Gasteiger partial charge on any atom is -0.502 e. The molecule has 1 aromatic rings. The predicted octanol–water partition coefficient (Wildman–Crippen LogP) is 1.63. The van der Waals surface area contributed by atoms with Crippen LogP contribution in [0.2, 0.25) is 0 Å². The summed E-state index contributed by atoms with van der Waals surface area (Å²) in [4.78, 5) is 35.0. The molecule has 8 nitrogen and oxygen atoms in total. The van der Waals surface area contributed by atoms with E-state index in [0.29, 0.717) is 19.4 Å². The second-order valence-corrected chi connectivity index (χ2v) is 5.29. The van der Waals surface area contributed by atoms with Gasteiger partial charge in [-0.1, -0.05) is 0 Å². The van der Waals surface area contributed by atoms with Gasteiger partial charge in [-0.3, -0.25) is 19.7 Å². The summed E-state index contributed by atoms with van der Waals surface area (Å²) in [6, 6.07) is 2.89. The molecule has 8 heteroatoms. The first-order valence-electron chi connectivity index (χ1n) is 6.84. The maximum Gasteiger partial charge on any atom is 0.310 e. The lowest BCUT2D eigenvalue weighted by Gasteiger charge is -2.37. The predicted molar refractivity (Wildman–Crippen MR) is 75.6 cm³/mol. The smallest absolute Gasteiger partial charge is 0.310 e. The number of phenolic OH excluding ortho intramolecular Hbond substituents is 1. The quantitative estimate of drug-likeness (QED) is 0.646. The Morgan fingerprint density at radius 1 is 1.41 bits per heavy atom. The molecule has 1 aromatic carbocycles. The van der Waals surface area contributed by atoms with Crippen molar-refractivity contribution in [1.29, 1.82) is 0 Å². The minimum atomic E-state index is -0.948. The van der Waals surface area contributed by atoms with Gasteiger partial charge in [-0.2, -0.15) is 0 Å². The maximum absolute atomic E-state index is 12.5. The van der Waals surface area contributed by atoms with Gasteiger partial charge in [0.25, 0.3) is 5.91 Å². The Balaban J connectivity index is 2.26. The molecule has 0 spiro atoms. The summed E-state index contributed by atoms with van der Waals surface area (Å²) in [5, 5.41) is 29.4. The van der Waals surface area contributed by atoms with E-state index in [9.17, 15) is 24.8 Å². The van der Waals surface area contributed by atoms with Crippen LogP contribution in [0.5, 0.6) is 5.75 Å². The number of carbonyl (C=O) groups excluding carboxylic acids is 1. The lowest BCUT2D eigenvalue weighted by Crippen LogP contribution is -2.49. The largest absolute Gasteiger partial charge is 0.502 e. The molecule has 0 unspecified atom stereocenters. The Bertz CT molecular complexity index is 630. The van der Waals surface area contributed by atoms with Gasteiger partial charge in [-0.25, -0.2) is 0 Å². The van der Waals surface area contributed by atoms with Crippen molar-refractivity contribution in [3.63, 3.8) is 0 Å². The third kappa shape index (κ3) is 2.85. The summed E-state index contributed by atoms with van der Waals surface area (Å²) in [6.07, 6.45) is 1.08. The number of nitro benzene ring substituents is 1. The number of amides is 1. The van der Waals surface area contributed by atoms with E-state index in [2.05, 4.69) is 0 Å². The number of aliphatic carboxylic acids is 1. The fraction of sp³-hybridized carbons (Fsp3) is 0.429. The summed E-state index contributed by atoms with van der Waals surface area (Å²) < 4.78 is 0. The molecule has 2 atom stereocenters. The highest BCUT2D eigenvalue weighted by atomic mass is 16.6. The van der Waals surface area contributed by atoms with E-state index in [-0.39, 0.29) is 5.56 Å². The normalized spacial score (nSPS) is 21.4. The summed E-state index contributed by atoms with van der Waals surface area (Å²) in [5.41, 5.74) is -0.382. The zero-order chi connectivity index (χ0) is 16.4. The van der Waals surface area contributed by atoms with Crippen molar-refractivity contribution in [2.45, 2.75) is 25.8 Å². The van der Waals surface area contributed by atoms with E-state index in [1.165, 1.54) is 11.0 Å². The van der Waals surface area contributed by atoms with Crippen LogP contribution in [0.25, 0.3) is 0 Å². The number of benzene rings is 1. The second kappa shape index (κ2) is 6.00. The molecule has 1 aliphatic rings. The fourth-order valence-electron chi connectivity index (χ4n) is 2.74. The Hall–Kier alpha value is -2.64. The highest BCUT2D eigenvalue weighted by Gasteiger charge is 2.35. The molecule has 0 aliphatic carbocycles. The van der Waals surface area contributed by atoms with Gasteiger partial charge in [-0.15, -0.1) is 0 Å². The van der Waals surface area contributed by atoms with Gasteiger partial charge in [0.05, 0.1) is 10.8 Å². The zero-order valence-electron chi connectivity index (χ0n) is 11.9. The third-order valence-corrected chi connectivity index (χ3v) is 3.99. The van der Waals surface area contributed by atoms with Crippen molar-refractivity contribution in [2.75, 3.05) is 6.54 Å². The molecule has 0 saturated carbocycles. The van der Waals surface area contributed by atoms with Crippen LogP contribution in [0.15, 0.2) is 18.2 Å². The Morgan fingerprint density at radius 2 is 2.09 bits per heavy atom. The molecule has 0 aromatic heterocycles. The average molecular weight is 308 g/mol. The molecule has 0 radical (unpaired) electrons. The molecule has 1 saturated heterocycles. The van der Waals surface area contributed by atoms with Gasteiger partial charge >= 0.3 is 11.7 Å². The van der Waals surface area contributed by atoms with Crippen molar-refractivity contribution < 1.29 is 24.7 Å². The van der Waals surface area contributed by atoms with Crippen LogP contribution in [0.3, 0.4) is 0 Å². The number of phenols is 1. The lowest BCUT2D eigenvalue weighted by atomic mass is 9.90. The first-order chi connectivity index (χ1) is 10.3. The van der Waals surface area contributed by atoms with Crippen molar-refractivity contribution in [3.05, 3.63) is 33.9 Å². The van der Waals surface area contributed by atoms with Crippen molar-refractivity contribution >= 4 is 17.6 Å². The highest BCUT2D eigenvalue weighted by Crippen LogP contribution is 2.29. The van der Waals surface area contributed by atoms with E-state index in [1.54, 1.807) is 6.92 Å². The van der Waals surface area contributed by atoms with Crippen LogP contribution in [-0.2, 0) is 4.79 Å². The average Bonchev–Trinajstić information content (AvgIpc) is 2.46. The Kier molecular flexibility index (Phi) is 4.30. The summed E-state index contributed by atoms with van der Waals surface area (Å²) >= 11 is 0. The molecular weight excluding hydrogens is 292 g/mol. The van der Waals surface area contributed by atoms with Crippen molar-refractivity contribution in [1.82, 2.24) is 4.90 Å². The van der Waals surface area contributed by atoms with Crippen molar-refractivity contribution in [2.24, 2.45) is 5.92 Å². The standard InChI is InChI=1S/C14H16N2O6/c1-8-10(14(19)20)3-2-6-15(8)13(18)9-4-5-11(16(21)22)12(17)7-9/h4-5,7-8,10,17H,2-3,6H2,1H3,(H,19,20)/t8-,10-/m1/s1. The minimum absolute atomic E-state index is 0.0981. The van der Waals surface area contributed by atoms with Gasteiger partial charge in [0.15, 0.2) is 5.75 Å². The number of carboxylic acid groups (broad SMARTS) is 1. The molecular formula is C14H16N2O6. The van der Waals surface area contributed by atoms with Crippen LogP contribution >= 0.6 is 0 Å². The summed E-state index contributed by atoms with van der Waals surface area (Å²) in [5.74, 6) is -2.61. The van der Waals surface area contributed by atoms with Gasteiger partial charge in [0.2, 0.25) is 0 Å². The van der Waals surface area contributed by atoms with Crippen LogP contribution in [0.1, 0.15) is 30.1 Å². The third-order valence-electron chi connectivity index (χ3n) is 3.99. The highest BCUT2D eigenvalue weighted by molar-refractivity contribution is 5.95. The monoisotopic (exact) mass is 308 g/mol. The maximum atomic E-state index is 12.5. The molecule has 2 N–H and O–H groups in total. The van der Waals surface area contributed by atoms with Crippen LogP contribution in [0, 0.1) is 16.0 Å². The molecule has 1 fully saturated rings. The number of rotatable bonds is 3. The fourth-order valence-corrected chi connectivity index (χ4v) is 2.74. The van der Waals surface area contributed by atoms with Crippen molar-refractivity contribution in [3.8, 4) is 5.75 Å². The number of carbonyl (C=O) groups is 2. The Morgan fingerprint density at radius 3 is 2.64 bits per heavy atom. The molecule has 1 amide bonds. The van der Waals surface area contributed by atoms with Crippen LogP contribution in [-0.4, -0.2) is 44.5 Å². The van der Waals surface area contributed by atoms with Crippen LogP contribution < -0.4 is 0 Å². The Labute approximate surface area is 126 Å². The first kappa shape index (κ1) is 15.7. The number of aromatic hydroxyl groups is 1. The number of piperidine rings is 1. The van der Waals surface area contributed by atoms with E-state index >= 15 is 0 Å². The molecule has 22 heavy (non-hydrogen) atoms. The second-order valence-electron chi connectivity index (χ2n) is 5.29. The number of hydrogen-bond donors (Lipinski definition) is 2. The molecule has 1 heterocycles. The number of nitrogens with zero attached hydrogens (tertiary/aromatic N) is 2. The molecule has 1 aliphatic heterocycles. The zero-order valence-corrected chi connectivity index (χ0v) is 11.9.